The van der Waals surface area contributed by atoms with Crippen molar-refractivity contribution in [2.24, 2.45) is 0 Å². The topological polar surface area (TPSA) is 173 Å². The number of allylic oxidation sites excluding steroid dienone is 8. The van der Waals surface area contributed by atoms with Crippen molar-refractivity contribution >= 4 is 61.9 Å². The summed E-state index contributed by atoms with van der Waals surface area (Å²) in [4.78, 5) is 43.3. The molecule has 378 valence electrons. The molecule has 0 unspecified atom stereocenters. The van der Waals surface area contributed by atoms with Gasteiger partial charge in [0.1, 0.15) is 28.2 Å². The molecular formula is C55H65N3NaO12S+. The van der Waals surface area contributed by atoms with Gasteiger partial charge < -0.3 is 38.0 Å². The number of hydrogen-bond acceptors (Lipinski definition) is 13. The number of anilines is 1. The van der Waals surface area contributed by atoms with E-state index in [4.69, 9.17) is 28.5 Å². The van der Waals surface area contributed by atoms with E-state index in [1.165, 1.54) is 17.7 Å². The molecular weight excluding hydrogens is 950 g/mol. The molecule has 0 aromatic heterocycles. The van der Waals surface area contributed by atoms with Crippen LogP contribution in [-0.2, 0) is 53.7 Å². The Bertz CT molecular complexity index is 2760. The second kappa shape index (κ2) is 25.3. The number of fused-ring (bicyclic) bond motifs is 3. The van der Waals surface area contributed by atoms with E-state index in [2.05, 4.69) is 60.6 Å². The number of methoxy groups -OCH3 is 1. The van der Waals surface area contributed by atoms with E-state index in [1.807, 2.05) is 68.5 Å². The SMILES string of the molecule is COCCOCCOCCOCCN1c2cc3c(cc2C(C)=CC1(C)C)C(=CC=CC=CC1=[N+](CCCCCC(=O)ON2C(=O)CCC2=O)c2ccc(S(=O)(=O)[O-])cc2C1(C)C)C=C(c1ccccc1)O3.[Na+]. The van der Waals surface area contributed by atoms with Crippen molar-refractivity contribution in [2.75, 3.05) is 71.3 Å². The zero-order valence-electron chi connectivity index (χ0n) is 42.6. The molecule has 3 aromatic rings. The summed E-state index contributed by atoms with van der Waals surface area (Å²) < 4.78 is 67.4. The zero-order chi connectivity index (χ0) is 50.8. The van der Waals surface area contributed by atoms with Gasteiger partial charge in [0.15, 0.2) is 5.71 Å². The van der Waals surface area contributed by atoms with E-state index in [1.54, 1.807) is 13.2 Å². The van der Waals surface area contributed by atoms with Gasteiger partial charge in [-0.3, -0.25) is 9.59 Å². The second-order valence-corrected chi connectivity index (χ2v) is 20.2. The molecule has 0 aliphatic carbocycles. The van der Waals surface area contributed by atoms with Crippen LogP contribution >= 0.6 is 0 Å². The minimum absolute atomic E-state index is 0. The third kappa shape index (κ3) is 13.8. The fraction of sp³-hybridized carbons (Fsp3) is 0.418. The monoisotopic (exact) mass is 1010 g/mol. The Morgan fingerprint density at radius 1 is 0.833 bits per heavy atom. The Balaban J connectivity index is 0.00000847. The standard InChI is InChI=1S/C55H65N3O12S.Na/c1-39-38-54(2,3)57(26-27-66-30-31-68-33-32-67-29-28-65-6)47-37-49-44(36-43(39)47)41(34-48(69-49)40-16-10-7-11-17-40)18-12-8-13-19-50-55(4,5)45-35-42(71(62,63)64)21-22-46(45)56(50)25-15-9-14-20-53(61)70-58-51(59)23-24-52(58)60;/h7-8,10-13,16-19,21-22,34-38H,9,14-15,20,23-33H2,1-6H3;/q;+1. The first-order chi connectivity index (χ1) is 34.0. The number of ether oxygens (including phenoxy) is 5. The van der Waals surface area contributed by atoms with Gasteiger partial charge in [-0.05, 0) is 82.9 Å². The number of rotatable bonds is 24. The van der Waals surface area contributed by atoms with Crippen molar-refractivity contribution in [3.8, 4) is 5.75 Å². The molecule has 0 radical (unpaired) electrons. The molecule has 4 heterocycles. The average Bonchev–Trinajstić information content (AvgIpc) is 3.76. The van der Waals surface area contributed by atoms with Crippen LogP contribution in [0.5, 0.6) is 5.75 Å². The van der Waals surface area contributed by atoms with Crippen molar-refractivity contribution in [2.45, 2.75) is 89.0 Å². The zero-order valence-corrected chi connectivity index (χ0v) is 45.4. The summed E-state index contributed by atoms with van der Waals surface area (Å²) in [7, 11) is -3.05. The summed E-state index contributed by atoms with van der Waals surface area (Å²) in [6.45, 7) is 15.3. The number of carbonyl (C=O) groups is 3. The maximum atomic E-state index is 12.4. The largest absolute Gasteiger partial charge is 1.00 e. The number of nitrogens with zero attached hydrogens (tertiary/aromatic N) is 3. The van der Waals surface area contributed by atoms with Crippen LogP contribution in [-0.4, -0.2) is 118 Å². The van der Waals surface area contributed by atoms with Crippen molar-refractivity contribution in [3.63, 3.8) is 0 Å². The summed E-state index contributed by atoms with van der Waals surface area (Å²) in [5.41, 5.74) is 7.64. The number of benzene rings is 3. The van der Waals surface area contributed by atoms with Crippen LogP contribution in [0.15, 0.2) is 108 Å². The average molecular weight is 1020 g/mol. The maximum absolute atomic E-state index is 12.4. The van der Waals surface area contributed by atoms with Gasteiger partial charge in [-0.25, -0.2) is 13.2 Å². The molecule has 4 aliphatic heterocycles. The summed E-state index contributed by atoms with van der Waals surface area (Å²) >= 11 is 0. The van der Waals surface area contributed by atoms with Gasteiger partial charge in [0.05, 0.1) is 62.1 Å². The van der Waals surface area contributed by atoms with Crippen LogP contribution in [0.4, 0.5) is 11.4 Å². The Morgan fingerprint density at radius 2 is 1.51 bits per heavy atom. The third-order valence-corrected chi connectivity index (χ3v) is 13.8. The van der Waals surface area contributed by atoms with Crippen molar-refractivity contribution in [3.05, 3.63) is 125 Å². The summed E-state index contributed by atoms with van der Waals surface area (Å²) in [5.74, 6) is -0.224. The van der Waals surface area contributed by atoms with E-state index >= 15 is 0 Å². The van der Waals surface area contributed by atoms with Gasteiger partial charge in [-0.15, -0.1) is 5.06 Å². The quantitative estimate of drug-likeness (QED) is 0.0277. The van der Waals surface area contributed by atoms with Crippen LogP contribution in [0, 0.1) is 0 Å². The Hall–Kier alpha value is -5.01. The van der Waals surface area contributed by atoms with Crippen molar-refractivity contribution in [1.29, 1.82) is 0 Å². The molecule has 4 aliphatic rings. The van der Waals surface area contributed by atoms with Gasteiger partial charge in [-0.2, -0.15) is 4.58 Å². The first-order valence-electron chi connectivity index (χ1n) is 24.2. The number of hydrogen-bond donors (Lipinski definition) is 0. The van der Waals surface area contributed by atoms with Crippen LogP contribution in [0.1, 0.15) is 95.4 Å². The van der Waals surface area contributed by atoms with Gasteiger partial charge in [0, 0.05) is 85.5 Å². The van der Waals surface area contributed by atoms with Gasteiger partial charge in [0.2, 0.25) is 5.69 Å². The Kier molecular flexibility index (Phi) is 19.8. The minimum atomic E-state index is -4.70. The Labute approximate surface area is 445 Å². The molecule has 2 amide bonds. The van der Waals surface area contributed by atoms with Gasteiger partial charge in [-0.1, -0.05) is 60.7 Å². The number of hydroxylamine groups is 2. The number of unbranched alkanes of at least 4 members (excludes halogenated alkanes) is 2. The minimum Gasteiger partial charge on any atom is -0.744 e. The molecule has 72 heavy (non-hydrogen) atoms. The Morgan fingerprint density at radius 3 is 2.19 bits per heavy atom. The molecule has 1 saturated heterocycles. The summed E-state index contributed by atoms with van der Waals surface area (Å²) in [6.07, 6.45) is 16.2. The first-order valence-corrected chi connectivity index (χ1v) is 25.6. The van der Waals surface area contributed by atoms with Crippen LogP contribution in [0.3, 0.4) is 0 Å². The predicted octanol–water partition coefficient (Wildman–Crippen LogP) is 5.47. The fourth-order valence-electron chi connectivity index (χ4n) is 9.35. The number of amides is 2. The molecule has 7 rings (SSSR count). The molecule has 15 nitrogen and oxygen atoms in total. The van der Waals surface area contributed by atoms with Crippen LogP contribution < -0.4 is 39.2 Å². The smallest absolute Gasteiger partial charge is 0.744 e. The molecule has 0 saturated carbocycles. The summed E-state index contributed by atoms with van der Waals surface area (Å²) in [6, 6.07) is 18.8. The van der Waals surface area contributed by atoms with Gasteiger partial charge >= 0.3 is 35.5 Å². The summed E-state index contributed by atoms with van der Waals surface area (Å²) in [5, 5.41) is 0.559. The van der Waals surface area contributed by atoms with Crippen molar-refractivity contribution in [1.82, 2.24) is 5.06 Å². The predicted molar refractivity (Wildman–Crippen MR) is 270 cm³/mol. The second-order valence-electron chi connectivity index (χ2n) is 18.8. The molecule has 0 N–H and O–H groups in total. The number of imide groups is 1. The van der Waals surface area contributed by atoms with Crippen LogP contribution in [0.25, 0.3) is 16.9 Å². The number of carbonyl (C=O) groups excluding carboxylic acids is 3. The molecule has 17 heteroatoms. The van der Waals surface area contributed by atoms with Gasteiger partial charge in [0.25, 0.3) is 11.8 Å². The maximum Gasteiger partial charge on any atom is 1.00 e. The van der Waals surface area contributed by atoms with E-state index in [0.717, 1.165) is 50.9 Å². The van der Waals surface area contributed by atoms with E-state index in [0.29, 0.717) is 89.2 Å². The molecule has 3 aromatic carbocycles. The van der Waals surface area contributed by atoms with E-state index in [9.17, 15) is 27.4 Å². The van der Waals surface area contributed by atoms with Crippen molar-refractivity contribution < 1.29 is 90.0 Å². The normalized spacial score (nSPS) is 17.5. The fourth-order valence-corrected chi connectivity index (χ4v) is 9.85. The molecule has 1 fully saturated rings. The van der Waals surface area contributed by atoms with Crippen LogP contribution in [0.2, 0.25) is 0 Å². The molecule has 0 spiro atoms. The van der Waals surface area contributed by atoms with E-state index < -0.39 is 33.3 Å². The third-order valence-electron chi connectivity index (χ3n) is 13.0. The molecule has 0 atom stereocenters. The molecule has 0 bridgehead atoms. The first kappa shape index (κ1) is 56.3. The van der Waals surface area contributed by atoms with E-state index in [-0.39, 0.29) is 59.3 Å².